The molecule has 30 heavy (non-hydrogen) atoms. The smallest absolute Gasteiger partial charge is 0.445 e. The molecule has 0 bridgehead atoms. The fourth-order valence-corrected chi connectivity index (χ4v) is 3.62. The van der Waals surface area contributed by atoms with Crippen LogP contribution in [0.25, 0.3) is 6.08 Å². The maximum atomic E-state index is 12.2. The highest BCUT2D eigenvalue weighted by Gasteiger charge is 2.52. The maximum Gasteiger partial charge on any atom is 0.492 e. The molecule has 0 unspecified atom stereocenters. The Morgan fingerprint density at radius 1 is 1.20 bits per heavy atom. The van der Waals surface area contributed by atoms with Crippen molar-refractivity contribution in [2.45, 2.75) is 52.1 Å². The van der Waals surface area contributed by atoms with E-state index in [0.717, 1.165) is 21.5 Å². The van der Waals surface area contributed by atoms with Gasteiger partial charge in [-0.2, -0.15) is 0 Å². The highest BCUT2D eigenvalue weighted by Crippen LogP contribution is 2.38. The number of rotatable bonds is 7. The number of aliphatic hydroxyl groups excluding tert-OH is 1. The summed E-state index contributed by atoms with van der Waals surface area (Å²) in [5, 5.41) is 14.1. The number of carbonyl (C=O) groups excluding carboxylic acids is 1. The summed E-state index contributed by atoms with van der Waals surface area (Å²) in [4.78, 5) is 13.1. The highest BCUT2D eigenvalue weighted by atomic mass is 32.1. The number of aliphatic hydroxyl groups is 1. The molecule has 1 fully saturated rings. The number of ether oxygens (including phenoxy) is 1. The molecule has 0 aliphatic carbocycles. The minimum atomic E-state index is -0.595. The van der Waals surface area contributed by atoms with Gasteiger partial charge in [-0.3, -0.25) is 0 Å². The summed E-state index contributed by atoms with van der Waals surface area (Å²) >= 11 is 1.48. The average molecular weight is 429 g/mol. The fraction of sp³-hybridized carbons (Fsp3) is 0.409. The molecule has 3 rings (SSSR count). The second-order valence-corrected chi connectivity index (χ2v) is 9.22. The Labute approximate surface area is 182 Å². The van der Waals surface area contributed by atoms with Crippen LogP contribution >= 0.6 is 11.3 Å². The molecule has 2 heterocycles. The van der Waals surface area contributed by atoms with Gasteiger partial charge in [0.2, 0.25) is 0 Å². The third-order valence-electron chi connectivity index (χ3n) is 5.39. The van der Waals surface area contributed by atoms with Crippen molar-refractivity contribution < 1.29 is 23.9 Å². The number of hydrogen-bond donors (Lipinski definition) is 2. The van der Waals surface area contributed by atoms with E-state index < -0.39 is 24.4 Å². The van der Waals surface area contributed by atoms with Crippen molar-refractivity contribution in [3.05, 3.63) is 63.3 Å². The van der Waals surface area contributed by atoms with Crippen LogP contribution in [0.15, 0.2) is 47.3 Å². The van der Waals surface area contributed by atoms with Crippen LogP contribution in [0.2, 0.25) is 0 Å². The summed E-state index contributed by atoms with van der Waals surface area (Å²) in [6.07, 6.45) is 1.41. The number of thiophene rings is 1. The molecule has 6 nitrogen and oxygen atoms in total. The van der Waals surface area contributed by atoms with Crippen molar-refractivity contribution in [2.75, 3.05) is 6.54 Å². The molecule has 1 aliphatic heterocycles. The number of alkyl carbamates (subject to hydrolysis) is 1. The topological polar surface area (TPSA) is 77.0 Å². The van der Waals surface area contributed by atoms with Gasteiger partial charge in [-0.25, -0.2) is 4.79 Å². The molecule has 0 spiro atoms. The first-order chi connectivity index (χ1) is 14.2. The lowest BCUT2D eigenvalue weighted by Gasteiger charge is -2.32. The Morgan fingerprint density at radius 3 is 2.47 bits per heavy atom. The zero-order valence-electron chi connectivity index (χ0n) is 17.8. The lowest BCUT2D eigenvalue weighted by Crippen LogP contribution is -2.41. The van der Waals surface area contributed by atoms with Gasteiger partial charge in [-0.05, 0) is 55.7 Å². The van der Waals surface area contributed by atoms with Crippen LogP contribution < -0.4 is 5.32 Å². The maximum absolute atomic E-state index is 12.2. The summed E-state index contributed by atoms with van der Waals surface area (Å²) in [6, 6.07) is 11.4. The molecule has 1 saturated heterocycles. The van der Waals surface area contributed by atoms with E-state index >= 15 is 0 Å². The molecular weight excluding hydrogens is 401 g/mol. The van der Waals surface area contributed by atoms with E-state index in [2.05, 4.69) is 5.32 Å². The minimum absolute atomic E-state index is 0.00556. The Kier molecular flexibility index (Phi) is 7.03. The number of carbonyl (C=O) groups is 1. The van der Waals surface area contributed by atoms with Gasteiger partial charge >= 0.3 is 13.2 Å². The molecule has 8 heteroatoms. The molecule has 1 aliphatic rings. The van der Waals surface area contributed by atoms with Gasteiger partial charge in [0.1, 0.15) is 6.61 Å². The molecule has 1 aromatic carbocycles. The molecular formula is C22H28BNO5S. The Balaban J connectivity index is 1.69. The van der Waals surface area contributed by atoms with Gasteiger partial charge in [0.15, 0.2) is 0 Å². The molecule has 1 aromatic heterocycles. The van der Waals surface area contributed by atoms with E-state index in [1.165, 1.54) is 11.3 Å². The van der Waals surface area contributed by atoms with Crippen molar-refractivity contribution in [1.82, 2.24) is 5.32 Å². The minimum Gasteiger partial charge on any atom is -0.445 e. The number of hydrogen-bond acceptors (Lipinski definition) is 6. The average Bonchev–Trinajstić information content (AvgIpc) is 3.25. The van der Waals surface area contributed by atoms with Gasteiger partial charge in [-0.15, -0.1) is 11.3 Å². The van der Waals surface area contributed by atoms with E-state index in [1.54, 1.807) is 0 Å². The van der Waals surface area contributed by atoms with Gasteiger partial charge in [0.05, 0.1) is 17.8 Å². The lowest BCUT2D eigenvalue weighted by molar-refractivity contribution is 0.00578. The van der Waals surface area contributed by atoms with Gasteiger partial charge in [-0.1, -0.05) is 36.4 Å². The lowest BCUT2D eigenvalue weighted by atomic mass is 9.77. The van der Waals surface area contributed by atoms with Crippen LogP contribution in [-0.2, 0) is 27.3 Å². The summed E-state index contributed by atoms with van der Waals surface area (Å²) in [7, 11) is -0.595. The van der Waals surface area contributed by atoms with E-state index in [0.29, 0.717) is 0 Å². The summed E-state index contributed by atoms with van der Waals surface area (Å²) < 4.78 is 17.6. The second kappa shape index (κ2) is 9.35. The SMILES string of the molecule is CC1(C)OB(C(=Cc2csc(CO)c2)CNC(=O)OCc2ccccc2)OC1(C)C. The first-order valence-corrected chi connectivity index (χ1v) is 10.8. The predicted octanol–water partition coefficient (Wildman–Crippen LogP) is 4.18. The highest BCUT2D eigenvalue weighted by molar-refractivity contribution is 7.10. The second-order valence-electron chi connectivity index (χ2n) is 8.23. The van der Waals surface area contributed by atoms with E-state index in [4.69, 9.17) is 14.0 Å². The standard InChI is InChI=1S/C22H28BNO5S/c1-21(2)22(3,4)29-23(28-21)18(10-17-11-19(13-25)30-15-17)12-24-20(26)27-14-16-8-6-5-7-9-16/h5-11,15,25H,12-14H2,1-4H3,(H,24,26). The normalized spacial score (nSPS) is 17.8. The van der Waals surface area contributed by atoms with Gasteiger partial charge < -0.3 is 24.5 Å². The van der Waals surface area contributed by atoms with E-state index in [9.17, 15) is 9.90 Å². The Bertz CT molecular complexity index is 878. The summed E-state index contributed by atoms with van der Waals surface area (Å²) in [5.41, 5.74) is 1.63. The van der Waals surface area contributed by atoms with Gasteiger partial charge in [0.25, 0.3) is 0 Å². The van der Waals surface area contributed by atoms with Crippen LogP contribution in [0.3, 0.4) is 0 Å². The molecule has 1 amide bonds. The van der Waals surface area contributed by atoms with Gasteiger partial charge in [0, 0.05) is 11.4 Å². The Hall–Kier alpha value is -2.13. The molecule has 160 valence electrons. The molecule has 0 saturated carbocycles. The Morgan fingerprint density at radius 2 is 1.87 bits per heavy atom. The van der Waals surface area contributed by atoms with Crippen LogP contribution in [0.5, 0.6) is 0 Å². The molecule has 2 aromatic rings. The van der Waals surface area contributed by atoms with Crippen molar-refractivity contribution in [3.63, 3.8) is 0 Å². The summed E-state index contributed by atoms with van der Waals surface area (Å²) in [5.74, 6) is 0. The first kappa shape index (κ1) is 22.6. The molecule has 0 atom stereocenters. The van der Waals surface area contributed by atoms with Crippen molar-refractivity contribution in [1.29, 1.82) is 0 Å². The largest absolute Gasteiger partial charge is 0.492 e. The molecule has 2 N–H and O–H groups in total. The third-order valence-corrected chi connectivity index (χ3v) is 6.33. The number of amides is 1. The van der Waals surface area contributed by atoms with Crippen LogP contribution in [0.4, 0.5) is 4.79 Å². The third kappa shape index (κ3) is 5.52. The fourth-order valence-electron chi connectivity index (χ4n) is 2.92. The monoisotopic (exact) mass is 429 g/mol. The predicted molar refractivity (Wildman–Crippen MR) is 119 cm³/mol. The van der Waals surface area contributed by atoms with Crippen molar-refractivity contribution in [2.24, 2.45) is 0 Å². The quantitative estimate of drug-likeness (QED) is 0.646. The van der Waals surface area contributed by atoms with Crippen LogP contribution in [0, 0.1) is 0 Å². The zero-order chi connectivity index (χ0) is 21.8. The van der Waals surface area contributed by atoms with E-state index in [-0.39, 0.29) is 19.8 Å². The molecule has 0 radical (unpaired) electrons. The number of benzene rings is 1. The summed E-state index contributed by atoms with van der Waals surface area (Å²) in [6.45, 7) is 8.36. The van der Waals surface area contributed by atoms with Crippen LogP contribution in [-0.4, -0.2) is 36.1 Å². The van der Waals surface area contributed by atoms with E-state index in [1.807, 2.05) is 75.5 Å². The van der Waals surface area contributed by atoms with Crippen LogP contribution in [0.1, 0.15) is 43.7 Å². The number of nitrogens with one attached hydrogen (secondary N) is 1. The van der Waals surface area contributed by atoms with Crippen molar-refractivity contribution in [3.8, 4) is 0 Å². The first-order valence-electron chi connectivity index (χ1n) is 9.89. The van der Waals surface area contributed by atoms with Crippen molar-refractivity contribution >= 4 is 30.6 Å². The zero-order valence-corrected chi connectivity index (χ0v) is 18.6.